The summed E-state index contributed by atoms with van der Waals surface area (Å²) in [4.78, 5) is 20.8. The maximum absolute atomic E-state index is 11.2. The second-order valence-corrected chi connectivity index (χ2v) is 2.35. The summed E-state index contributed by atoms with van der Waals surface area (Å²) in [6.07, 6.45) is 0. The molecule has 0 saturated heterocycles. The molecule has 0 fully saturated rings. The van der Waals surface area contributed by atoms with Crippen LogP contribution in [0.1, 0.15) is 23.2 Å². The third-order valence-electron chi connectivity index (χ3n) is 1.38. The van der Waals surface area contributed by atoms with Crippen molar-refractivity contribution in [1.82, 2.24) is 9.97 Å². The zero-order chi connectivity index (χ0) is 9.84. The van der Waals surface area contributed by atoms with Crippen LogP contribution in [0.2, 0.25) is 0 Å². The van der Waals surface area contributed by atoms with Gasteiger partial charge in [-0.3, -0.25) is 4.98 Å². The van der Waals surface area contributed by atoms with Gasteiger partial charge in [0.2, 0.25) is 0 Å². The zero-order valence-electron chi connectivity index (χ0n) is 7.42. The van der Waals surface area contributed by atoms with Crippen molar-refractivity contribution in [3.63, 3.8) is 0 Å². The molecule has 0 aromatic carbocycles. The number of ether oxygens (including phenoxy) is 1. The van der Waals surface area contributed by atoms with E-state index in [1.54, 1.807) is 13.8 Å². The van der Waals surface area contributed by atoms with Gasteiger partial charge in [0.25, 0.3) is 5.82 Å². The Morgan fingerprint density at radius 3 is 3.00 bits per heavy atom. The topological polar surface area (TPSA) is 59.3 Å². The summed E-state index contributed by atoms with van der Waals surface area (Å²) in [5, 5.41) is 0. The highest BCUT2D eigenvalue weighted by atomic mass is 16.5. The predicted molar refractivity (Wildman–Crippen MR) is 45.5 cm³/mol. The lowest BCUT2D eigenvalue weighted by Crippen LogP contribution is -2.05. The van der Waals surface area contributed by atoms with Gasteiger partial charge in [-0.2, -0.15) is 0 Å². The molecule has 1 aromatic heterocycles. The third kappa shape index (κ3) is 1.85. The number of nitrogens with one attached hydrogen (secondary N) is 1. The molecule has 0 atom stereocenters. The molecule has 0 aliphatic rings. The Hall–Kier alpha value is -1.83. The number of rotatable bonds is 2. The Morgan fingerprint density at radius 2 is 2.46 bits per heavy atom. The molecule has 1 heterocycles. The first-order valence-electron chi connectivity index (χ1n) is 3.80. The monoisotopic (exact) mass is 179 g/mol. The van der Waals surface area contributed by atoms with Crippen LogP contribution in [0.5, 0.6) is 0 Å². The van der Waals surface area contributed by atoms with Crippen molar-refractivity contribution >= 4 is 11.8 Å². The first kappa shape index (κ1) is 9.26. The lowest BCUT2D eigenvalue weighted by Gasteiger charge is -1.97. The van der Waals surface area contributed by atoms with Crippen LogP contribution < -0.4 is 0 Å². The van der Waals surface area contributed by atoms with E-state index in [9.17, 15) is 4.79 Å². The second kappa shape index (κ2) is 3.72. The molecule has 0 saturated carbocycles. The first-order chi connectivity index (χ1) is 6.19. The van der Waals surface area contributed by atoms with Gasteiger partial charge < -0.3 is 9.58 Å². The maximum atomic E-state index is 11.2. The summed E-state index contributed by atoms with van der Waals surface area (Å²) in [6, 6.07) is 0. The lowest BCUT2D eigenvalue weighted by molar-refractivity contribution is 0.0521. The van der Waals surface area contributed by atoms with Crippen LogP contribution in [0.25, 0.3) is 4.85 Å². The molecule has 1 aromatic rings. The minimum absolute atomic E-state index is 0.0642. The van der Waals surface area contributed by atoms with E-state index in [0.29, 0.717) is 5.82 Å². The first-order valence-corrected chi connectivity index (χ1v) is 3.80. The summed E-state index contributed by atoms with van der Waals surface area (Å²) in [7, 11) is 0. The van der Waals surface area contributed by atoms with Crippen LogP contribution in [0.4, 0.5) is 5.82 Å². The van der Waals surface area contributed by atoms with Crippen LogP contribution in [0, 0.1) is 13.5 Å². The van der Waals surface area contributed by atoms with Crippen LogP contribution in [0.3, 0.4) is 0 Å². The summed E-state index contributed by atoms with van der Waals surface area (Å²) in [5.74, 6) is 0.114. The molecule has 0 bridgehead atoms. The SMILES string of the molecule is [C-]#[N+]c1[nH]c(C)nc1C(=O)OCC. The molecule has 13 heavy (non-hydrogen) atoms. The molecule has 68 valence electrons. The highest BCUT2D eigenvalue weighted by Crippen LogP contribution is 2.16. The third-order valence-corrected chi connectivity index (χ3v) is 1.38. The van der Waals surface area contributed by atoms with Crippen LogP contribution in [-0.2, 0) is 4.74 Å². The lowest BCUT2D eigenvalue weighted by atomic mass is 10.4. The van der Waals surface area contributed by atoms with E-state index in [0.717, 1.165) is 0 Å². The molecule has 0 aliphatic heterocycles. The number of aryl methyl sites for hydroxylation is 1. The minimum atomic E-state index is -0.558. The Kier molecular flexibility index (Phi) is 2.65. The molecule has 0 amide bonds. The van der Waals surface area contributed by atoms with E-state index in [1.165, 1.54) is 0 Å². The van der Waals surface area contributed by atoms with Crippen LogP contribution in [0.15, 0.2) is 0 Å². The van der Waals surface area contributed by atoms with Gasteiger partial charge >= 0.3 is 5.97 Å². The number of carbonyl (C=O) groups excluding carboxylic acids is 1. The standard InChI is InChI=1S/C8H9N3O2/c1-4-13-8(12)6-7(9-3)11-5(2)10-6/h4H2,1-2H3,(H,10,11). The fourth-order valence-corrected chi connectivity index (χ4v) is 0.902. The van der Waals surface area contributed by atoms with E-state index >= 15 is 0 Å². The maximum Gasteiger partial charge on any atom is 0.347 e. The Morgan fingerprint density at radius 1 is 1.77 bits per heavy atom. The predicted octanol–water partition coefficient (Wildman–Crippen LogP) is 1.45. The molecule has 1 N–H and O–H groups in total. The summed E-state index contributed by atoms with van der Waals surface area (Å²) < 4.78 is 4.72. The van der Waals surface area contributed by atoms with Crippen LogP contribution in [-0.4, -0.2) is 22.5 Å². The summed E-state index contributed by atoms with van der Waals surface area (Å²) in [5.41, 5.74) is 0.0642. The second-order valence-electron chi connectivity index (χ2n) is 2.35. The van der Waals surface area contributed by atoms with Gasteiger partial charge in [0.05, 0.1) is 6.61 Å². The normalized spacial score (nSPS) is 9.31. The number of H-pyrrole nitrogens is 1. The quantitative estimate of drug-likeness (QED) is 0.552. The van der Waals surface area contributed by atoms with Crippen molar-refractivity contribution in [2.75, 3.05) is 6.61 Å². The molecular formula is C8H9N3O2. The van der Waals surface area contributed by atoms with Gasteiger partial charge in [-0.1, -0.05) is 6.57 Å². The molecular weight excluding hydrogens is 170 g/mol. The average molecular weight is 179 g/mol. The number of nitrogens with zero attached hydrogens (tertiary/aromatic N) is 2. The van der Waals surface area contributed by atoms with Gasteiger partial charge in [-0.05, 0) is 6.92 Å². The van der Waals surface area contributed by atoms with E-state index in [2.05, 4.69) is 14.8 Å². The van der Waals surface area contributed by atoms with Crippen molar-refractivity contribution in [2.45, 2.75) is 13.8 Å². The molecule has 0 aliphatic carbocycles. The van der Waals surface area contributed by atoms with E-state index < -0.39 is 5.97 Å². The van der Waals surface area contributed by atoms with Crippen molar-refractivity contribution in [1.29, 1.82) is 0 Å². The van der Waals surface area contributed by atoms with Crippen molar-refractivity contribution in [2.24, 2.45) is 0 Å². The Balaban J connectivity index is 3.00. The number of hydrogen-bond donors (Lipinski definition) is 1. The summed E-state index contributed by atoms with van der Waals surface area (Å²) >= 11 is 0. The average Bonchev–Trinajstić information content (AvgIpc) is 2.47. The molecule has 0 unspecified atom stereocenters. The summed E-state index contributed by atoms with van der Waals surface area (Å²) in [6.45, 7) is 10.4. The van der Waals surface area contributed by atoms with E-state index in [1.807, 2.05) is 0 Å². The number of aromatic amines is 1. The van der Waals surface area contributed by atoms with Gasteiger partial charge in [0, 0.05) is 6.92 Å². The van der Waals surface area contributed by atoms with Gasteiger partial charge in [0.1, 0.15) is 0 Å². The molecule has 0 radical (unpaired) electrons. The Labute approximate surface area is 75.6 Å². The number of aromatic nitrogens is 2. The van der Waals surface area contributed by atoms with Gasteiger partial charge in [-0.25, -0.2) is 9.78 Å². The van der Waals surface area contributed by atoms with Crippen molar-refractivity contribution in [3.8, 4) is 0 Å². The largest absolute Gasteiger partial charge is 0.462 e. The highest BCUT2D eigenvalue weighted by Gasteiger charge is 2.16. The Bertz CT molecular complexity index is 362. The molecule has 0 spiro atoms. The van der Waals surface area contributed by atoms with Crippen LogP contribution >= 0.6 is 0 Å². The van der Waals surface area contributed by atoms with Gasteiger partial charge in [-0.15, -0.1) is 0 Å². The number of hydrogen-bond acceptors (Lipinski definition) is 3. The number of esters is 1. The fraction of sp³-hybridized carbons (Fsp3) is 0.375. The molecule has 1 rings (SSSR count). The molecule has 5 heteroatoms. The smallest absolute Gasteiger partial charge is 0.347 e. The highest BCUT2D eigenvalue weighted by molar-refractivity contribution is 5.92. The molecule has 5 nitrogen and oxygen atoms in total. The van der Waals surface area contributed by atoms with Crippen molar-refractivity contribution in [3.05, 3.63) is 22.9 Å². The van der Waals surface area contributed by atoms with E-state index in [-0.39, 0.29) is 18.1 Å². The number of imidazole rings is 1. The van der Waals surface area contributed by atoms with E-state index in [4.69, 9.17) is 11.3 Å². The zero-order valence-corrected chi connectivity index (χ0v) is 7.42. The minimum Gasteiger partial charge on any atom is -0.462 e. The fourth-order valence-electron chi connectivity index (χ4n) is 0.902. The van der Waals surface area contributed by atoms with Gasteiger partial charge in [0.15, 0.2) is 11.5 Å². The number of carbonyl (C=O) groups is 1. The van der Waals surface area contributed by atoms with Crippen molar-refractivity contribution < 1.29 is 9.53 Å².